The zero-order valence-electron chi connectivity index (χ0n) is 3.61. The summed E-state index contributed by atoms with van der Waals surface area (Å²) in [7, 11) is 0. The van der Waals surface area contributed by atoms with Gasteiger partial charge in [0.05, 0.1) is 0 Å². The molecule has 0 atom stereocenters. The molecule has 1 nitrogen and oxygen atoms in total. The van der Waals surface area contributed by atoms with Gasteiger partial charge in [-0.2, -0.15) is 0 Å². The molecule has 0 saturated carbocycles. The van der Waals surface area contributed by atoms with E-state index in [9.17, 15) is 0 Å². The normalized spacial score (nSPS) is 8.71. The maximum absolute atomic E-state index is 3.81. The van der Waals surface area contributed by atoms with Crippen molar-refractivity contribution in [3.05, 3.63) is 24.5 Å². The molecule has 0 fully saturated rings. The Morgan fingerprint density at radius 1 is 1.29 bits per heavy atom. The van der Waals surface area contributed by atoms with Gasteiger partial charge in [0, 0.05) is 0 Å². The summed E-state index contributed by atoms with van der Waals surface area (Å²) in [5, 5.41) is 0. The molecule has 0 aliphatic heterocycles. The summed E-state index contributed by atoms with van der Waals surface area (Å²) in [4.78, 5) is 3.81. The van der Waals surface area contributed by atoms with E-state index >= 15 is 0 Å². The summed E-state index contributed by atoms with van der Waals surface area (Å²) in [5.41, 5.74) is 0. The quantitative estimate of drug-likeness (QED) is 0.463. The summed E-state index contributed by atoms with van der Waals surface area (Å²) in [6, 6.07) is 3.72. The Morgan fingerprint density at radius 3 is 2.14 bits per heavy atom. The Morgan fingerprint density at radius 2 is 1.86 bits per heavy atom. The number of hydrogen-bond donors (Lipinski definition) is 0. The molecule has 0 amide bonds. The molecule has 1 aromatic rings. The van der Waals surface area contributed by atoms with Crippen LogP contribution in [0.4, 0.5) is 0 Å². The second-order valence-electron chi connectivity index (χ2n) is 1.15. The minimum absolute atomic E-state index is 1.01. The van der Waals surface area contributed by atoms with E-state index in [0.29, 0.717) is 0 Å². The number of aromatic nitrogens is 1. The van der Waals surface area contributed by atoms with Gasteiger partial charge in [0.15, 0.2) is 0 Å². The Bertz CT molecular complexity index is 138. The Labute approximate surface area is 50.6 Å². The van der Waals surface area contributed by atoms with E-state index in [1.807, 2.05) is 12.1 Å². The monoisotopic (exact) mass is 134 g/mol. The molecular weight excluding hydrogens is 130 g/mol. The predicted octanol–water partition coefficient (Wildman–Crippen LogP) is 0.254. The molecule has 0 aliphatic rings. The van der Waals surface area contributed by atoms with Gasteiger partial charge >= 0.3 is 50.0 Å². The summed E-state index contributed by atoms with van der Waals surface area (Å²) >= 11 is 3.68. The van der Waals surface area contributed by atoms with Crippen LogP contribution >= 0.6 is 0 Å². The SMILES string of the molecule is [Fe][c]1ccncc1. The molecule has 0 bridgehead atoms. The fourth-order valence-electron chi connectivity index (χ4n) is 0.330. The van der Waals surface area contributed by atoms with Crippen LogP contribution in [-0.4, -0.2) is 4.98 Å². The van der Waals surface area contributed by atoms with E-state index in [0.717, 1.165) is 4.46 Å². The first kappa shape index (κ1) is 4.82. The number of rotatable bonds is 0. The van der Waals surface area contributed by atoms with Crippen molar-refractivity contribution < 1.29 is 16.0 Å². The van der Waals surface area contributed by atoms with Crippen molar-refractivity contribution >= 4 is 4.46 Å². The van der Waals surface area contributed by atoms with Crippen molar-refractivity contribution in [2.75, 3.05) is 0 Å². The summed E-state index contributed by atoms with van der Waals surface area (Å²) in [5.74, 6) is 0. The van der Waals surface area contributed by atoms with Gasteiger partial charge in [-0.1, -0.05) is 0 Å². The first-order valence-corrected chi connectivity index (χ1v) is 2.49. The van der Waals surface area contributed by atoms with E-state index in [4.69, 9.17) is 0 Å². The van der Waals surface area contributed by atoms with E-state index in [2.05, 4.69) is 21.0 Å². The zero-order chi connectivity index (χ0) is 5.11. The Hall–Kier alpha value is -0.331. The third-order valence-corrected chi connectivity index (χ3v) is 1.000. The molecule has 1 rings (SSSR count). The topological polar surface area (TPSA) is 12.9 Å². The number of hydrogen-bond acceptors (Lipinski definition) is 1. The maximum atomic E-state index is 3.81. The van der Waals surface area contributed by atoms with Crippen LogP contribution < -0.4 is 4.46 Å². The van der Waals surface area contributed by atoms with Crippen molar-refractivity contribution in [3.63, 3.8) is 0 Å². The van der Waals surface area contributed by atoms with Crippen molar-refractivity contribution in [3.8, 4) is 0 Å². The minimum atomic E-state index is 1.01. The molecule has 7 heavy (non-hydrogen) atoms. The number of pyridine rings is 1. The fraction of sp³-hybridized carbons (Fsp3) is 0. The zero-order valence-corrected chi connectivity index (χ0v) is 4.71. The third kappa shape index (κ3) is 1.30. The van der Waals surface area contributed by atoms with Crippen molar-refractivity contribution in [1.29, 1.82) is 0 Å². The summed E-state index contributed by atoms with van der Waals surface area (Å²) in [6.45, 7) is 0. The first-order valence-electron chi connectivity index (χ1n) is 1.94. The van der Waals surface area contributed by atoms with Crippen LogP contribution in [0.1, 0.15) is 0 Å². The van der Waals surface area contributed by atoms with Crippen LogP contribution in [0.5, 0.6) is 0 Å². The number of nitrogens with zero attached hydrogens (tertiary/aromatic N) is 1. The van der Waals surface area contributed by atoms with Gasteiger partial charge in [-0.15, -0.1) is 0 Å². The van der Waals surface area contributed by atoms with Gasteiger partial charge in [0.1, 0.15) is 0 Å². The fourth-order valence-corrected chi connectivity index (χ4v) is 0.495. The van der Waals surface area contributed by atoms with Crippen LogP contribution in [0, 0.1) is 0 Å². The molecule has 1 heterocycles. The molecule has 0 spiro atoms. The molecule has 1 aromatic heterocycles. The molecule has 2 heteroatoms. The van der Waals surface area contributed by atoms with Gasteiger partial charge in [-0.25, -0.2) is 0 Å². The van der Waals surface area contributed by atoms with Crippen molar-refractivity contribution in [2.24, 2.45) is 0 Å². The van der Waals surface area contributed by atoms with Crippen LogP contribution in [0.2, 0.25) is 0 Å². The Kier molecular flexibility index (Phi) is 1.45. The second-order valence-corrected chi connectivity index (χ2v) is 1.79. The van der Waals surface area contributed by atoms with Gasteiger partial charge in [-0.3, -0.25) is 0 Å². The van der Waals surface area contributed by atoms with Crippen LogP contribution in [0.15, 0.2) is 24.5 Å². The molecule has 0 unspecified atom stereocenters. The van der Waals surface area contributed by atoms with Gasteiger partial charge < -0.3 is 0 Å². The van der Waals surface area contributed by atoms with Gasteiger partial charge in [0.25, 0.3) is 0 Å². The van der Waals surface area contributed by atoms with Crippen molar-refractivity contribution in [2.45, 2.75) is 0 Å². The van der Waals surface area contributed by atoms with E-state index in [1.54, 1.807) is 12.4 Å². The van der Waals surface area contributed by atoms with Crippen LogP contribution in [0.25, 0.3) is 0 Å². The molecule has 37 valence electrons. The predicted molar refractivity (Wildman–Crippen MR) is 23.9 cm³/mol. The molecule has 0 radical (unpaired) electrons. The van der Waals surface area contributed by atoms with Crippen LogP contribution in [-0.2, 0) is 16.0 Å². The average molecular weight is 134 g/mol. The molecular formula is C5H4FeN. The molecule has 0 N–H and O–H groups in total. The third-order valence-electron chi connectivity index (χ3n) is 0.632. The average Bonchev–Trinajstić information content (AvgIpc) is 1.69. The van der Waals surface area contributed by atoms with Crippen molar-refractivity contribution in [1.82, 2.24) is 4.98 Å². The van der Waals surface area contributed by atoms with Crippen LogP contribution in [0.3, 0.4) is 0 Å². The standard InChI is InChI=1S/C5H4N.Fe/c1-2-4-6-5-3-1;/h2-5H;. The molecule has 0 aliphatic carbocycles. The Balaban J connectivity index is 3.02. The van der Waals surface area contributed by atoms with Gasteiger partial charge in [0.2, 0.25) is 0 Å². The van der Waals surface area contributed by atoms with E-state index in [1.165, 1.54) is 0 Å². The summed E-state index contributed by atoms with van der Waals surface area (Å²) in [6.07, 6.45) is 3.45. The van der Waals surface area contributed by atoms with E-state index < -0.39 is 0 Å². The van der Waals surface area contributed by atoms with E-state index in [-0.39, 0.29) is 0 Å². The molecule has 0 saturated heterocycles. The van der Waals surface area contributed by atoms with Gasteiger partial charge in [-0.05, 0) is 0 Å². The summed E-state index contributed by atoms with van der Waals surface area (Å²) < 4.78 is 1.01. The second kappa shape index (κ2) is 2.10. The molecule has 0 aromatic carbocycles. The first-order chi connectivity index (χ1) is 3.39.